The minimum absolute atomic E-state index is 0.776. The third-order valence-electron chi connectivity index (χ3n) is 3.79. The van der Waals surface area contributed by atoms with Crippen molar-refractivity contribution in [2.75, 3.05) is 6.61 Å². The second kappa shape index (κ2) is 11.8. The molecule has 0 aliphatic rings. The van der Waals surface area contributed by atoms with E-state index in [1.807, 2.05) is 67.2 Å². The Hall–Kier alpha value is -2.69. The minimum atomic E-state index is 0.776. The lowest BCUT2D eigenvalue weighted by atomic mass is 10.2. The topological polar surface area (TPSA) is 52.8 Å². The Labute approximate surface area is 156 Å². The van der Waals surface area contributed by atoms with Gasteiger partial charge in [-0.25, -0.2) is 0 Å². The summed E-state index contributed by atoms with van der Waals surface area (Å²) in [6, 6.07) is 13.9. The van der Waals surface area contributed by atoms with Crippen LogP contribution in [0.1, 0.15) is 39.5 Å². The quantitative estimate of drug-likeness (QED) is 0.508. The Morgan fingerprint density at radius 3 is 2.50 bits per heavy atom. The van der Waals surface area contributed by atoms with Crippen molar-refractivity contribution >= 4 is 0 Å². The Bertz CT molecular complexity index is 713. The van der Waals surface area contributed by atoms with Crippen molar-refractivity contribution in [1.29, 1.82) is 0 Å². The molecule has 0 aliphatic carbocycles. The average Bonchev–Trinajstić information content (AvgIpc) is 3.19. The number of nitrogens with zero attached hydrogens (tertiary/aromatic N) is 4. The van der Waals surface area contributed by atoms with E-state index in [2.05, 4.69) is 15.3 Å². The molecule has 0 fully saturated rings. The van der Waals surface area contributed by atoms with Crippen LogP contribution in [0.2, 0.25) is 0 Å². The van der Waals surface area contributed by atoms with Crippen molar-refractivity contribution < 1.29 is 4.74 Å². The highest BCUT2D eigenvalue weighted by Crippen LogP contribution is 2.14. The van der Waals surface area contributed by atoms with E-state index in [0.29, 0.717) is 0 Å². The maximum atomic E-state index is 5.69. The van der Waals surface area contributed by atoms with Gasteiger partial charge in [0.05, 0.1) is 12.8 Å². The van der Waals surface area contributed by atoms with Gasteiger partial charge < -0.3 is 4.74 Å². The lowest BCUT2D eigenvalue weighted by Gasteiger charge is -2.05. The first-order chi connectivity index (χ1) is 12.9. The van der Waals surface area contributed by atoms with E-state index in [-0.39, 0.29) is 0 Å². The third kappa shape index (κ3) is 6.67. The van der Waals surface area contributed by atoms with E-state index in [1.54, 1.807) is 12.4 Å². The summed E-state index contributed by atoms with van der Waals surface area (Å²) in [6.45, 7) is 5.67. The molecule has 138 valence electrons. The number of aryl methyl sites for hydroxylation is 1. The van der Waals surface area contributed by atoms with Gasteiger partial charge >= 0.3 is 0 Å². The van der Waals surface area contributed by atoms with Crippen molar-refractivity contribution in [2.24, 2.45) is 0 Å². The molecular weight excluding hydrogens is 324 g/mol. The highest BCUT2D eigenvalue weighted by molar-refractivity contribution is 5.55. The predicted molar refractivity (Wildman–Crippen MR) is 105 cm³/mol. The van der Waals surface area contributed by atoms with Crippen molar-refractivity contribution in [3.8, 4) is 17.0 Å². The molecule has 0 unspecified atom stereocenters. The van der Waals surface area contributed by atoms with Gasteiger partial charge in [-0.2, -0.15) is 0 Å². The molecule has 0 spiro atoms. The Morgan fingerprint density at radius 1 is 0.923 bits per heavy atom. The molecule has 0 aliphatic heterocycles. The van der Waals surface area contributed by atoms with Crippen molar-refractivity contribution in [3.05, 3.63) is 61.1 Å². The zero-order chi connectivity index (χ0) is 18.5. The number of ether oxygens (including phenoxy) is 1. The first-order valence-corrected chi connectivity index (χ1v) is 9.40. The van der Waals surface area contributed by atoms with Crippen LogP contribution in [0.15, 0.2) is 61.1 Å². The molecule has 1 aromatic carbocycles. The number of hydrogen-bond donors (Lipinski definition) is 0. The molecular formula is C21H28N4O. The van der Waals surface area contributed by atoms with Crippen LogP contribution < -0.4 is 4.74 Å². The molecule has 2 heterocycles. The van der Waals surface area contributed by atoms with Crippen LogP contribution in [-0.2, 0) is 6.54 Å². The van der Waals surface area contributed by atoms with Crippen LogP contribution in [0.5, 0.6) is 5.75 Å². The number of benzene rings is 1. The number of pyridine rings is 1. The molecule has 0 radical (unpaired) electrons. The van der Waals surface area contributed by atoms with E-state index in [1.165, 1.54) is 6.42 Å². The first kappa shape index (κ1) is 19.6. The molecule has 0 N–H and O–H groups in total. The predicted octanol–water partition coefficient (Wildman–Crippen LogP) is 5.01. The molecule has 3 aromatic rings. The fraction of sp³-hybridized carbons (Fsp3) is 0.381. The van der Waals surface area contributed by atoms with Crippen LogP contribution in [0.3, 0.4) is 0 Å². The highest BCUT2D eigenvalue weighted by atomic mass is 16.5. The Morgan fingerprint density at radius 2 is 1.73 bits per heavy atom. The van der Waals surface area contributed by atoms with Gasteiger partial charge in [0.1, 0.15) is 11.4 Å². The normalized spacial score (nSPS) is 10.1. The number of rotatable bonds is 9. The van der Waals surface area contributed by atoms with Gasteiger partial charge in [-0.3, -0.25) is 9.67 Å². The van der Waals surface area contributed by atoms with Crippen LogP contribution >= 0.6 is 0 Å². The second-order valence-corrected chi connectivity index (χ2v) is 5.68. The summed E-state index contributed by atoms with van der Waals surface area (Å²) < 4.78 is 7.60. The maximum absolute atomic E-state index is 5.69. The maximum Gasteiger partial charge on any atom is 0.119 e. The van der Waals surface area contributed by atoms with Crippen LogP contribution in [-0.4, -0.2) is 26.6 Å². The molecule has 0 saturated heterocycles. The van der Waals surface area contributed by atoms with Crippen LogP contribution in [0.25, 0.3) is 11.3 Å². The Balaban J connectivity index is 0.00000117. The van der Waals surface area contributed by atoms with Crippen LogP contribution in [0.4, 0.5) is 0 Å². The molecule has 3 rings (SSSR count). The molecule has 0 atom stereocenters. The monoisotopic (exact) mass is 352 g/mol. The minimum Gasteiger partial charge on any atom is -0.494 e. The summed E-state index contributed by atoms with van der Waals surface area (Å²) in [5, 5.41) is 8.38. The van der Waals surface area contributed by atoms with Crippen molar-refractivity contribution in [3.63, 3.8) is 0 Å². The summed E-state index contributed by atoms with van der Waals surface area (Å²) in [6.07, 6.45) is 10.1. The molecule has 5 nitrogen and oxygen atoms in total. The SMILES string of the molecule is CC.c1ccc(OCCCCCCn2cc(-c3cccnc3)nn2)cc1. The van der Waals surface area contributed by atoms with Gasteiger partial charge in [-0.05, 0) is 43.5 Å². The standard InChI is InChI=1S/C19H22N4O.C2H6/c1(2-7-14-24-18-10-4-3-5-11-18)6-13-23-16-19(21-22-23)17-9-8-12-20-15-17;1-2/h3-5,8-12,15-16H,1-2,6-7,13-14H2;1-2H3. The van der Waals surface area contributed by atoms with E-state index in [4.69, 9.17) is 4.74 Å². The van der Waals surface area contributed by atoms with E-state index < -0.39 is 0 Å². The Kier molecular flexibility index (Phi) is 8.90. The summed E-state index contributed by atoms with van der Waals surface area (Å²) in [7, 11) is 0. The summed E-state index contributed by atoms with van der Waals surface area (Å²) in [5.74, 6) is 0.947. The third-order valence-corrected chi connectivity index (χ3v) is 3.79. The fourth-order valence-electron chi connectivity index (χ4n) is 2.49. The lowest BCUT2D eigenvalue weighted by Crippen LogP contribution is -2.00. The van der Waals surface area contributed by atoms with E-state index in [9.17, 15) is 0 Å². The highest BCUT2D eigenvalue weighted by Gasteiger charge is 2.03. The van der Waals surface area contributed by atoms with E-state index >= 15 is 0 Å². The largest absolute Gasteiger partial charge is 0.494 e. The smallest absolute Gasteiger partial charge is 0.119 e. The van der Waals surface area contributed by atoms with Gasteiger partial charge in [0.25, 0.3) is 0 Å². The number of para-hydroxylation sites is 1. The lowest BCUT2D eigenvalue weighted by molar-refractivity contribution is 0.304. The summed E-state index contributed by atoms with van der Waals surface area (Å²) in [5.41, 5.74) is 1.88. The number of unbranched alkanes of at least 4 members (excludes halogenated alkanes) is 3. The van der Waals surface area contributed by atoms with Crippen molar-refractivity contribution in [1.82, 2.24) is 20.0 Å². The molecule has 0 saturated carbocycles. The molecule has 0 amide bonds. The first-order valence-electron chi connectivity index (χ1n) is 9.40. The van der Waals surface area contributed by atoms with Crippen LogP contribution in [0, 0.1) is 0 Å². The molecule has 5 heteroatoms. The van der Waals surface area contributed by atoms with Gasteiger partial charge in [0, 0.05) is 24.5 Å². The van der Waals surface area contributed by atoms with Gasteiger partial charge in [0.2, 0.25) is 0 Å². The average molecular weight is 352 g/mol. The molecule has 0 bridgehead atoms. The van der Waals surface area contributed by atoms with Gasteiger partial charge in [-0.1, -0.05) is 43.7 Å². The zero-order valence-corrected chi connectivity index (χ0v) is 15.7. The van der Waals surface area contributed by atoms with Crippen molar-refractivity contribution in [2.45, 2.75) is 46.1 Å². The summed E-state index contributed by atoms with van der Waals surface area (Å²) >= 11 is 0. The number of aromatic nitrogens is 4. The zero-order valence-electron chi connectivity index (χ0n) is 15.7. The summed E-state index contributed by atoms with van der Waals surface area (Å²) in [4.78, 5) is 4.11. The fourth-order valence-corrected chi connectivity index (χ4v) is 2.49. The number of hydrogen-bond acceptors (Lipinski definition) is 4. The van der Waals surface area contributed by atoms with Gasteiger partial charge in [-0.15, -0.1) is 5.10 Å². The molecule has 2 aromatic heterocycles. The van der Waals surface area contributed by atoms with E-state index in [0.717, 1.165) is 49.4 Å². The van der Waals surface area contributed by atoms with Gasteiger partial charge in [0.15, 0.2) is 0 Å². The second-order valence-electron chi connectivity index (χ2n) is 5.68. The molecule has 26 heavy (non-hydrogen) atoms.